The van der Waals surface area contributed by atoms with Gasteiger partial charge >= 0.3 is 0 Å². The fraction of sp³-hybridized carbons (Fsp3) is 0. The average Bonchev–Trinajstić information content (AvgIpc) is 3.70. The van der Waals surface area contributed by atoms with E-state index in [0.29, 0.717) is 5.89 Å². The SMILES string of the molecule is c1ccc(-c2ccc(N(c3cccc(-c4ccccc4)c3)c3cc4c5c(cccc5c3)-c3nc(-c5ccccc5)oc3-4)cc2)cc1. The molecular weight excluding hydrogens is 560 g/mol. The van der Waals surface area contributed by atoms with E-state index < -0.39 is 0 Å². The lowest BCUT2D eigenvalue weighted by Crippen LogP contribution is -2.10. The number of nitrogens with zero attached hydrogens (tertiary/aromatic N) is 2. The molecule has 46 heavy (non-hydrogen) atoms. The first kappa shape index (κ1) is 26.2. The van der Waals surface area contributed by atoms with Gasteiger partial charge in [0.15, 0.2) is 5.76 Å². The van der Waals surface area contributed by atoms with Gasteiger partial charge in [0.2, 0.25) is 5.89 Å². The largest absolute Gasteiger partial charge is 0.435 e. The normalized spacial score (nSPS) is 11.5. The first-order chi connectivity index (χ1) is 22.8. The van der Waals surface area contributed by atoms with Crippen LogP contribution >= 0.6 is 0 Å². The number of fused-ring (bicyclic) bond motifs is 3. The molecule has 7 aromatic carbocycles. The molecule has 3 nitrogen and oxygen atoms in total. The third-order valence-electron chi connectivity index (χ3n) is 8.81. The van der Waals surface area contributed by atoms with Gasteiger partial charge in [-0.15, -0.1) is 0 Å². The molecule has 1 aliphatic carbocycles. The molecule has 3 heteroatoms. The molecule has 0 unspecified atom stereocenters. The van der Waals surface area contributed by atoms with Gasteiger partial charge in [0, 0.05) is 39.1 Å². The van der Waals surface area contributed by atoms with E-state index in [1.165, 1.54) is 27.6 Å². The van der Waals surface area contributed by atoms with Gasteiger partial charge in [-0.1, -0.05) is 121 Å². The molecule has 0 aliphatic heterocycles. The van der Waals surface area contributed by atoms with Crippen LogP contribution in [0.3, 0.4) is 0 Å². The van der Waals surface area contributed by atoms with E-state index in [2.05, 4.69) is 144 Å². The molecule has 0 atom stereocenters. The highest BCUT2D eigenvalue weighted by Gasteiger charge is 2.29. The lowest BCUT2D eigenvalue weighted by Gasteiger charge is -2.27. The quantitative estimate of drug-likeness (QED) is 0.193. The van der Waals surface area contributed by atoms with Gasteiger partial charge in [-0.05, 0) is 76.2 Å². The third kappa shape index (κ3) is 4.41. The Bertz CT molecular complexity index is 2340. The summed E-state index contributed by atoms with van der Waals surface area (Å²) in [5.41, 5.74) is 12.0. The summed E-state index contributed by atoms with van der Waals surface area (Å²) in [6.07, 6.45) is 0. The molecule has 9 rings (SSSR count). The van der Waals surface area contributed by atoms with Gasteiger partial charge in [0.25, 0.3) is 0 Å². The van der Waals surface area contributed by atoms with E-state index in [1.54, 1.807) is 0 Å². The molecule has 1 heterocycles. The van der Waals surface area contributed by atoms with Crippen LogP contribution in [0.5, 0.6) is 0 Å². The zero-order valence-corrected chi connectivity index (χ0v) is 25.0. The second-order valence-corrected chi connectivity index (χ2v) is 11.6. The maximum Gasteiger partial charge on any atom is 0.227 e. The molecule has 1 aliphatic rings. The second-order valence-electron chi connectivity index (χ2n) is 11.6. The Kier molecular flexibility index (Phi) is 6.14. The van der Waals surface area contributed by atoms with Crippen molar-refractivity contribution in [3.63, 3.8) is 0 Å². The highest BCUT2D eigenvalue weighted by Crippen LogP contribution is 2.51. The van der Waals surface area contributed by atoms with Gasteiger partial charge < -0.3 is 9.32 Å². The lowest BCUT2D eigenvalue weighted by molar-refractivity contribution is 0.590. The molecule has 0 bridgehead atoms. The van der Waals surface area contributed by atoms with Crippen LogP contribution in [0, 0.1) is 0 Å². The van der Waals surface area contributed by atoms with Crippen LogP contribution in [-0.2, 0) is 0 Å². The van der Waals surface area contributed by atoms with E-state index in [9.17, 15) is 0 Å². The summed E-state index contributed by atoms with van der Waals surface area (Å²) in [5, 5.41) is 2.34. The molecule has 0 radical (unpaired) electrons. The molecule has 0 spiro atoms. The van der Waals surface area contributed by atoms with E-state index in [0.717, 1.165) is 50.6 Å². The molecule has 0 saturated carbocycles. The Balaban J connectivity index is 1.23. The topological polar surface area (TPSA) is 29.3 Å². The molecule has 0 amide bonds. The number of hydrogen-bond donors (Lipinski definition) is 0. The number of anilines is 3. The zero-order chi connectivity index (χ0) is 30.5. The zero-order valence-electron chi connectivity index (χ0n) is 25.0. The van der Waals surface area contributed by atoms with Gasteiger partial charge in [-0.3, -0.25) is 0 Å². The lowest BCUT2D eigenvalue weighted by atomic mass is 10.0. The standard InChI is InChI=1S/C43H28N2O/c1-4-12-29(13-5-1)31-22-24-35(25-23-31)45(36-20-10-18-33(26-36)30-14-6-2-7-15-30)37-27-34-19-11-21-38-40(34)39(28-37)42-41(38)44-43(46-42)32-16-8-3-9-17-32/h1-28H. The van der Waals surface area contributed by atoms with Gasteiger partial charge in [0.1, 0.15) is 5.69 Å². The first-order valence-electron chi connectivity index (χ1n) is 15.5. The Labute approximate surface area is 267 Å². The molecule has 0 saturated heterocycles. The van der Waals surface area contributed by atoms with E-state index in [-0.39, 0.29) is 0 Å². The van der Waals surface area contributed by atoms with Crippen LogP contribution in [0.4, 0.5) is 17.1 Å². The smallest absolute Gasteiger partial charge is 0.227 e. The van der Waals surface area contributed by atoms with E-state index in [4.69, 9.17) is 9.40 Å². The van der Waals surface area contributed by atoms with E-state index in [1.807, 2.05) is 30.3 Å². The summed E-state index contributed by atoms with van der Waals surface area (Å²) in [4.78, 5) is 7.34. The minimum Gasteiger partial charge on any atom is -0.435 e. The summed E-state index contributed by atoms with van der Waals surface area (Å²) in [6, 6.07) is 59.8. The minimum absolute atomic E-state index is 0.641. The fourth-order valence-corrected chi connectivity index (χ4v) is 6.64. The summed E-state index contributed by atoms with van der Waals surface area (Å²) in [6.45, 7) is 0. The molecule has 0 N–H and O–H groups in total. The van der Waals surface area contributed by atoms with Crippen LogP contribution in [0.15, 0.2) is 174 Å². The van der Waals surface area contributed by atoms with E-state index >= 15 is 0 Å². The van der Waals surface area contributed by atoms with Crippen LogP contribution in [0.1, 0.15) is 0 Å². The monoisotopic (exact) mass is 588 g/mol. The molecule has 216 valence electrons. The van der Waals surface area contributed by atoms with Crippen molar-refractivity contribution in [2.24, 2.45) is 0 Å². The Morgan fingerprint density at radius 2 is 1.02 bits per heavy atom. The summed E-state index contributed by atoms with van der Waals surface area (Å²) in [7, 11) is 0. The van der Waals surface area contributed by atoms with Gasteiger partial charge in [-0.2, -0.15) is 0 Å². The predicted molar refractivity (Wildman–Crippen MR) is 189 cm³/mol. The summed E-state index contributed by atoms with van der Waals surface area (Å²) >= 11 is 0. The second kappa shape index (κ2) is 10.8. The van der Waals surface area contributed by atoms with Crippen LogP contribution < -0.4 is 4.90 Å². The van der Waals surface area contributed by atoms with Gasteiger partial charge in [0.05, 0.1) is 0 Å². The number of aromatic nitrogens is 1. The highest BCUT2D eigenvalue weighted by molar-refractivity contribution is 6.15. The van der Waals surface area contributed by atoms with Crippen molar-refractivity contribution < 1.29 is 4.42 Å². The first-order valence-corrected chi connectivity index (χ1v) is 15.5. The van der Waals surface area contributed by atoms with Crippen molar-refractivity contribution in [2.75, 3.05) is 4.90 Å². The van der Waals surface area contributed by atoms with Crippen molar-refractivity contribution in [1.82, 2.24) is 4.98 Å². The minimum atomic E-state index is 0.641. The number of rotatable bonds is 6. The molecule has 8 aromatic rings. The highest BCUT2D eigenvalue weighted by atomic mass is 16.4. The Morgan fingerprint density at radius 1 is 0.413 bits per heavy atom. The van der Waals surface area contributed by atoms with Crippen molar-refractivity contribution in [1.29, 1.82) is 0 Å². The summed E-state index contributed by atoms with van der Waals surface area (Å²) < 4.78 is 6.54. The van der Waals surface area contributed by atoms with Crippen molar-refractivity contribution in [3.05, 3.63) is 170 Å². The van der Waals surface area contributed by atoms with Crippen molar-refractivity contribution in [2.45, 2.75) is 0 Å². The van der Waals surface area contributed by atoms with Crippen LogP contribution in [-0.4, -0.2) is 4.98 Å². The van der Waals surface area contributed by atoms with Crippen LogP contribution in [0.2, 0.25) is 0 Å². The average molecular weight is 589 g/mol. The number of benzene rings is 7. The Morgan fingerprint density at radius 3 is 1.74 bits per heavy atom. The third-order valence-corrected chi connectivity index (χ3v) is 8.81. The summed E-state index contributed by atoms with van der Waals surface area (Å²) in [5.74, 6) is 1.46. The maximum atomic E-state index is 6.54. The van der Waals surface area contributed by atoms with Crippen LogP contribution in [0.25, 0.3) is 67.1 Å². The van der Waals surface area contributed by atoms with Gasteiger partial charge in [-0.25, -0.2) is 4.98 Å². The number of hydrogen-bond acceptors (Lipinski definition) is 3. The fourth-order valence-electron chi connectivity index (χ4n) is 6.64. The Hall–Kier alpha value is -6.19. The number of oxazole rings is 1. The molecule has 0 fully saturated rings. The maximum absolute atomic E-state index is 6.54. The molecule has 1 aromatic heterocycles. The molecular formula is C43H28N2O. The predicted octanol–water partition coefficient (Wildman–Crippen LogP) is 11.9. The van der Waals surface area contributed by atoms with Crippen molar-refractivity contribution >= 4 is 27.8 Å². The van der Waals surface area contributed by atoms with Crippen molar-refractivity contribution in [3.8, 4) is 56.3 Å².